The van der Waals surface area contributed by atoms with E-state index in [1.807, 2.05) is 12.1 Å². The molecule has 0 bridgehead atoms. The number of thioether (sulfide) groups is 1. The maximum atomic E-state index is 12.9. The fourth-order valence-electron chi connectivity index (χ4n) is 2.85. The van der Waals surface area contributed by atoms with Crippen LogP contribution in [-0.2, 0) is 20.5 Å². The first-order chi connectivity index (χ1) is 13.5. The fourth-order valence-corrected chi connectivity index (χ4v) is 5.27. The minimum absolute atomic E-state index is 0.175. The predicted octanol–water partition coefficient (Wildman–Crippen LogP) is 2.27. The molecule has 0 aliphatic carbocycles. The Morgan fingerprint density at radius 3 is 2.75 bits per heavy atom. The fraction of sp³-hybridized carbons (Fsp3) is 0.421. The molecule has 1 N–H and O–H groups in total. The SMILES string of the molecule is Cc1ccc(C(=O)NCCSCc2ccco2)cc1S(=O)(=O)N1CCOCC1. The van der Waals surface area contributed by atoms with Gasteiger partial charge < -0.3 is 14.5 Å². The molecule has 1 amide bonds. The van der Waals surface area contributed by atoms with Gasteiger partial charge in [0.2, 0.25) is 10.0 Å². The summed E-state index contributed by atoms with van der Waals surface area (Å²) in [6.45, 7) is 3.64. The Morgan fingerprint density at radius 1 is 1.25 bits per heavy atom. The van der Waals surface area contributed by atoms with Gasteiger partial charge in [-0.3, -0.25) is 4.79 Å². The first-order valence-electron chi connectivity index (χ1n) is 9.05. The highest BCUT2D eigenvalue weighted by Crippen LogP contribution is 2.22. The smallest absolute Gasteiger partial charge is 0.251 e. The number of hydrogen-bond acceptors (Lipinski definition) is 6. The average molecular weight is 425 g/mol. The standard InChI is InChI=1S/C19H24N2O5S2/c1-15-4-5-16(13-18(15)28(23,24)21-7-10-25-11-8-21)19(22)20-6-12-27-14-17-3-2-9-26-17/h2-5,9,13H,6-8,10-12,14H2,1H3,(H,20,22). The number of nitrogens with one attached hydrogen (secondary N) is 1. The van der Waals surface area contributed by atoms with Gasteiger partial charge >= 0.3 is 0 Å². The number of ether oxygens (including phenoxy) is 1. The number of sulfonamides is 1. The molecule has 1 aliphatic heterocycles. The third-order valence-electron chi connectivity index (χ3n) is 4.39. The number of furan rings is 1. The van der Waals surface area contributed by atoms with Crippen LogP contribution < -0.4 is 5.32 Å². The average Bonchev–Trinajstić information content (AvgIpc) is 3.22. The summed E-state index contributed by atoms with van der Waals surface area (Å²) >= 11 is 1.65. The van der Waals surface area contributed by atoms with Crippen LogP contribution in [0.2, 0.25) is 0 Å². The van der Waals surface area contributed by atoms with E-state index in [0.29, 0.717) is 44.0 Å². The van der Waals surface area contributed by atoms with Crippen molar-refractivity contribution in [1.82, 2.24) is 9.62 Å². The van der Waals surface area contributed by atoms with Gasteiger partial charge in [-0.15, -0.1) is 0 Å². The van der Waals surface area contributed by atoms with Crippen LogP contribution in [0.3, 0.4) is 0 Å². The van der Waals surface area contributed by atoms with Crippen molar-refractivity contribution in [3.63, 3.8) is 0 Å². The molecule has 1 aromatic carbocycles. The zero-order valence-electron chi connectivity index (χ0n) is 15.7. The molecule has 2 heterocycles. The second kappa shape index (κ2) is 9.60. The molecule has 0 saturated carbocycles. The van der Waals surface area contributed by atoms with Gasteiger partial charge in [-0.05, 0) is 36.8 Å². The van der Waals surface area contributed by atoms with E-state index in [1.54, 1.807) is 37.1 Å². The van der Waals surface area contributed by atoms with Crippen molar-refractivity contribution in [2.24, 2.45) is 0 Å². The largest absolute Gasteiger partial charge is 0.468 e. The van der Waals surface area contributed by atoms with E-state index >= 15 is 0 Å². The monoisotopic (exact) mass is 424 g/mol. The minimum atomic E-state index is -3.64. The van der Waals surface area contributed by atoms with Gasteiger partial charge in [0.15, 0.2) is 0 Å². The zero-order chi connectivity index (χ0) is 20.0. The molecule has 1 saturated heterocycles. The summed E-state index contributed by atoms with van der Waals surface area (Å²) in [4.78, 5) is 12.6. The summed E-state index contributed by atoms with van der Waals surface area (Å²) in [6, 6.07) is 8.55. The first kappa shape index (κ1) is 20.9. The number of carbonyl (C=O) groups excluding carboxylic acids is 1. The molecule has 0 unspecified atom stereocenters. The first-order valence-corrected chi connectivity index (χ1v) is 11.6. The van der Waals surface area contributed by atoms with Crippen LogP contribution in [0.15, 0.2) is 45.9 Å². The minimum Gasteiger partial charge on any atom is -0.468 e. The zero-order valence-corrected chi connectivity index (χ0v) is 17.4. The summed E-state index contributed by atoms with van der Waals surface area (Å²) in [5.41, 5.74) is 0.963. The molecule has 28 heavy (non-hydrogen) atoms. The maximum absolute atomic E-state index is 12.9. The molecule has 2 aromatic rings. The Balaban J connectivity index is 1.59. The number of carbonyl (C=O) groups is 1. The number of hydrogen-bond donors (Lipinski definition) is 1. The van der Waals surface area contributed by atoms with Gasteiger partial charge in [0.05, 0.1) is 30.1 Å². The summed E-state index contributed by atoms with van der Waals surface area (Å²) in [7, 11) is -3.64. The van der Waals surface area contributed by atoms with E-state index in [-0.39, 0.29) is 10.8 Å². The van der Waals surface area contributed by atoms with Crippen molar-refractivity contribution in [3.05, 3.63) is 53.5 Å². The van der Waals surface area contributed by atoms with E-state index in [9.17, 15) is 13.2 Å². The molecule has 9 heteroatoms. The summed E-state index contributed by atoms with van der Waals surface area (Å²) in [5.74, 6) is 2.09. The lowest BCUT2D eigenvalue weighted by Gasteiger charge is -2.26. The lowest BCUT2D eigenvalue weighted by Crippen LogP contribution is -2.41. The van der Waals surface area contributed by atoms with Crippen molar-refractivity contribution in [2.75, 3.05) is 38.6 Å². The quantitative estimate of drug-likeness (QED) is 0.654. The van der Waals surface area contributed by atoms with Gasteiger partial charge in [-0.1, -0.05) is 6.07 Å². The topological polar surface area (TPSA) is 88.8 Å². The second-order valence-corrected chi connectivity index (χ2v) is 9.40. The van der Waals surface area contributed by atoms with Gasteiger partial charge in [-0.25, -0.2) is 8.42 Å². The predicted molar refractivity (Wildman–Crippen MR) is 108 cm³/mol. The molecule has 1 fully saturated rings. The summed E-state index contributed by atoms with van der Waals surface area (Å²) in [5, 5.41) is 2.84. The maximum Gasteiger partial charge on any atom is 0.251 e. The van der Waals surface area contributed by atoms with Gasteiger partial charge in [0, 0.05) is 31.0 Å². The van der Waals surface area contributed by atoms with Crippen molar-refractivity contribution in [3.8, 4) is 0 Å². The summed E-state index contributed by atoms with van der Waals surface area (Å²) in [6.07, 6.45) is 1.64. The highest BCUT2D eigenvalue weighted by atomic mass is 32.2. The van der Waals surface area contributed by atoms with Crippen molar-refractivity contribution in [2.45, 2.75) is 17.6 Å². The van der Waals surface area contributed by atoms with Gasteiger partial charge in [-0.2, -0.15) is 16.1 Å². The molecule has 0 spiro atoms. The number of aryl methyl sites for hydroxylation is 1. The van der Waals surface area contributed by atoms with Gasteiger partial charge in [0.25, 0.3) is 5.91 Å². The van der Waals surface area contributed by atoms with Crippen LogP contribution in [0.1, 0.15) is 21.7 Å². The number of morpholine rings is 1. The Hall–Kier alpha value is -1.81. The molecule has 7 nitrogen and oxygen atoms in total. The van der Waals surface area contributed by atoms with E-state index < -0.39 is 10.0 Å². The normalized spacial score (nSPS) is 15.5. The van der Waals surface area contributed by atoms with E-state index in [0.717, 1.165) is 17.3 Å². The molecule has 1 aromatic heterocycles. The van der Waals surface area contributed by atoms with Crippen LogP contribution in [-0.4, -0.2) is 57.2 Å². The van der Waals surface area contributed by atoms with Crippen LogP contribution in [0.4, 0.5) is 0 Å². The second-order valence-electron chi connectivity index (χ2n) is 6.38. The number of benzene rings is 1. The lowest BCUT2D eigenvalue weighted by atomic mass is 10.1. The molecule has 152 valence electrons. The van der Waals surface area contributed by atoms with E-state index in [4.69, 9.17) is 9.15 Å². The molecule has 0 atom stereocenters. The molecule has 0 radical (unpaired) electrons. The number of rotatable bonds is 8. The third kappa shape index (κ3) is 5.16. The van der Waals surface area contributed by atoms with Crippen molar-refractivity contribution < 1.29 is 22.4 Å². The van der Waals surface area contributed by atoms with Gasteiger partial charge in [0.1, 0.15) is 5.76 Å². The van der Waals surface area contributed by atoms with Crippen LogP contribution in [0.5, 0.6) is 0 Å². The highest BCUT2D eigenvalue weighted by molar-refractivity contribution is 7.98. The molecular formula is C19H24N2O5S2. The number of amides is 1. The Labute approximate surface area is 169 Å². The molecule has 1 aliphatic rings. The van der Waals surface area contributed by atoms with Crippen molar-refractivity contribution in [1.29, 1.82) is 0 Å². The number of nitrogens with zero attached hydrogens (tertiary/aromatic N) is 1. The van der Waals surface area contributed by atoms with Crippen LogP contribution in [0, 0.1) is 6.92 Å². The van der Waals surface area contributed by atoms with E-state index in [1.165, 1.54) is 10.4 Å². The van der Waals surface area contributed by atoms with Crippen LogP contribution >= 0.6 is 11.8 Å². The lowest BCUT2D eigenvalue weighted by molar-refractivity contribution is 0.0730. The highest BCUT2D eigenvalue weighted by Gasteiger charge is 2.28. The van der Waals surface area contributed by atoms with Crippen molar-refractivity contribution >= 4 is 27.7 Å². The Kier molecular flexibility index (Phi) is 7.17. The third-order valence-corrected chi connectivity index (χ3v) is 7.42. The molecule has 3 rings (SSSR count). The van der Waals surface area contributed by atoms with Crippen LogP contribution in [0.25, 0.3) is 0 Å². The van der Waals surface area contributed by atoms with E-state index in [2.05, 4.69) is 5.32 Å². The Morgan fingerprint density at radius 2 is 2.04 bits per heavy atom. The summed E-state index contributed by atoms with van der Waals surface area (Å²) < 4.78 is 37.7. The molecular weight excluding hydrogens is 400 g/mol. The Bertz CT molecular complexity index is 891.